The highest BCUT2D eigenvalue weighted by molar-refractivity contribution is 5.92. The molecule has 1 amide bonds. The standard InChI is InChI=1S/C20H19NO5/c1-25-20(24)17-11-15-9-5-6-10-16(15)12-21(17)18(22)13-26-19(23)14-7-3-2-4-8-14/h2-10,17H,11-13H2,1H3/t17-/m1/s1. The number of amides is 1. The van der Waals surface area contributed by atoms with Crippen molar-refractivity contribution in [2.45, 2.75) is 19.0 Å². The lowest BCUT2D eigenvalue weighted by atomic mass is 9.94. The van der Waals surface area contributed by atoms with E-state index in [1.807, 2.05) is 24.3 Å². The van der Waals surface area contributed by atoms with E-state index < -0.39 is 30.5 Å². The predicted octanol–water partition coefficient (Wildman–Crippen LogP) is 1.97. The Morgan fingerprint density at radius 2 is 1.65 bits per heavy atom. The first-order valence-electron chi connectivity index (χ1n) is 8.26. The van der Waals surface area contributed by atoms with E-state index in [0.29, 0.717) is 12.0 Å². The van der Waals surface area contributed by atoms with Gasteiger partial charge >= 0.3 is 11.9 Å². The van der Waals surface area contributed by atoms with Crippen molar-refractivity contribution in [2.24, 2.45) is 0 Å². The lowest BCUT2D eigenvalue weighted by Crippen LogP contribution is -2.50. The smallest absolute Gasteiger partial charge is 0.338 e. The highest BCUT2D eigenvalue weighted by Crippen LogP contribution is 2.24. The number of carbonyl (C=O) groups excluding carboxylic acids is 3. The summed E-state index contributed by atoms with van der Waals surface area (Å²) in [4.78, 5) is 38.2. The summed E-state index contributed by atoms with van der Waals surface area (Å²) in [6.45, 7) is -0.152. The van der Waals surface area contributed by atoms with E-state index in [0.717, 1.165) is 11.1 Å². The summed E-state index contributed by atoms with van der Waals surface area (Å²) in [7, 11) is 1.29. The summed E-state index contributed by atoms with van der Waals surface area (Å²) >= 11 is 0. The van der Waals surface area contributed by atoms with Crippen molar-refractivity contribution in [3.63, 3.8) is 0 Å². The van der Waals surface area contributed by atoms with Gasteiger partial charge in [-0.05, 0) is 23.3 Å². The van der Waals surface area contributed by atoms with Gasteiger partial charge in [0.15, 0.2) is 6.61 Å². The lowest BCUT2D eigenvalue weighted by molar-refractivity contribution is -0.155. The van der Waals surface area contributed by atoms with Crippen LogP contribution in [0.1, 0.15) is 21.5 Å². The fraction of sp³-hybridized carbons (Fsp3) is 0.250. The molecule has 3 rings (SSSR count). The molecule has 0 bridgehead atoms. The van der Waals surface area contributed by atoms with Gasteiger partial charge in [-0.15, -0.1) is 0 Å². The van der Waals surface area contributed by atoms with Crippen LogP contribution in [0.5, 0.6) is 0 Å². The molecule has 0 aromatic heterocycles. The molecule has 1 aliphatic rings. The van der Waals surface area contributed by atoms with Crippen LogP contribution in [-0.2, 0) is 32.0 Å². The van der Waals surface area contributed by atoms with Crippen molar-refractivity contribution in [1.29, 1.82) is 0 Å². The molecular weight excluding hydrogens is 334 g/mol. The third kappa shape index (κ3) is 3.74. The second-order valence-corrected chi connectivity index (χ2v) is 5.98. The third-order valence-corrected chi connectivity index (χ3v) is 4.38. The summed E-state index contributed by atoms with van der Waals surface area (Å²) < 4.78 is 9.95. The van der Waals surface area contributed by atoms with Gasteiger partial charge in [0, 0.05) is 13.0 Å². The van der Waals surface area contributed by atoms with E-state index in [-0.39, 0.29) is 6.54 Å². The third-order valence-electron chi connectivity index (χ3n) is 4.38. The highest BCUT2D eigenvalue weighted by Gasteiger charge is 2.35. The number of ether oxygens (including phenoxy) is 2. The first-order valence-corrected chi connectivity index (χ1v) is 8.26. The van der Waals surface area contributed by atoms with E-state index in [4.69, 9.17) is 9.47 Å². The molecule has 0 radical (unpaired) electrons. The maximum atomic E-state index is 12.6. The van der Waals surface area contributed by atoms with Crippen molar-refractivity contribution < 1.29 is 23.9 Å². The fourth-order valence-electron chi connectivity index (χ4n) is 3.00. The Hall–Kier alpha value is -3.15. The van der Waals surface area contributed by atoms with Crippen molar-refractivity contribution in [1.82, 2.24) is 4.90 Å². The molecule has 0 saturated carbocycles. The van der Waals surface area contributed by atoms with Gasteiger partial charge in [0.25, 0.3) is 5.91 Å². The molecule has 6 nitrogen and oxygen atoms in total. The van der Waals surface area contributed by atoms with Crippen LogP contribution in [0.25, 0.3) is 0 Å². The fourth-order valence-corrected chi connectivity index (χ4v) is 3.00. The quantitative estimate of drug-likeness (QED) is 0.786. The zero-order valence-corrected chi connectivity index (χ0v) is 14.4. The van der Waals surface area contributed by atoms with Crippen LogP contribution in [0.15, 0.2) is 54.6 Å². The Morgan fingerprint density at radius 1 is 1.00 bits per heavy atom. The van der Waals surface area contributed by atoms with Crippen LogP contribution < -0.4 is 0 Å². The summed E-state index contributed by atoms with van der Waals surface area (Å²) in [5, 5.41) is 0. The van der Waals surface area contributed by atoms with E-state index >= 15 is 0 Å². The Kier molecular flexibility index (Phi) is 5.31. The average Bonchev–Trinajstić information content (AvgIpc) is 2.70. The summed E-state index contributed by atoms with van der Waals surface area (Å²) in [5.41, 5.74) is 2.34. The van der Waals surface area contributed by atoms with Gasteiger partial charge in [-0.3, -0.25) is 4.79 Å². The Labute approximate surface area is 151 Å². The molecule has 1 atom stereocenters. The minimum Gasteiger partial charge on any atom is -0.467 e. The van der Waals surface area contributed by atoms with Crippen LogP contribution in [0.3, 0.4) is 0 Å². The normalized spacial score (nSPS) is 15.7. The molecule has 26 heavy (non-hydrogen) atoms. The number of hydrogen-bond acceptors (Lipinski definition) is 5. The van der Waals surface area contributed by atoms with Gasteiger partial charge in [0.1, 0.15) is 6.04 Å². The zero-order valence-electron chi connectivity index (χ0n) is 14.4. The molecule has 2 aromatic carbocycles. The number of methoxy groups -OCH3 is 1. The predicted molar refractivity (Wildman–Crippen MR) is 93.2 cm³/mol. The Bertz CT molecular complexity index is 818. The number of nitrogens with zero attached hydrogens (tertiary/aromatic N) is 1. The molecular formula is C20H19NO5. The molecule has 1 heterocycles. The van der Waals surface area contributed by atoms with E-state index in [1.165, 1.54) is 12.0 Å². The van der Waals surface area contributed by atoms with Gasteiger partial charge in [-0.1, -0.05) is 42.5 Å². The monoisotopic (exact) mass is 353 g/mol. The maximum Gasteiger partial charge on any atom is 0.338 e. The van der Waals surface area contributed by atoms with Gasteiger partial charge < -0.3 is 14.4 Å². The van der Waals surface area contributed by atoms with Gasteiger partial charge in [-0.2, -0.15) is 0 Å². The van der Waals surface area contributed by atoms with Crippen molar-refractivity contribution in [3.05, 3.63) is 71.3 Å². The number of carbonyl (C=O) groups is 3. The maximum absolute atomic E-state index is 12.6. The topological polar surface area (TPSA) is 72.9 Å². The average molecular weight is 353 g/mol. The van der Waals surface area contributed by atoms with E-state index in [2.05, 4.69) is 0 Å². The summed E-state index contributed by atoms with van der Waals surface area (Å²) in [5.74, 6) is -1.49. The van der Waals surface area contributed by atoms with Crippen LogP contribution in [-0.4, -0.2) is 42.5 Å². The van der Waals surface area contributed by atoms with Crippen molar-refractivity contribution in [2.75, 3.05) is 13.7 Å². The van der Waals surface area contributed by atoms with Crippen molar-refractivity contribution in [3.8, 4) is 0 Å². The molecule has 2 aromatic rings. The molecule has 0 unspecified atom stereocenters. The second-order valence-electron chi connectivity index (χ2n) is 5.98. The highest BCUT2D eigenvalue weighted by atomic mass is 16.5. The molecule has 0 aliphatic carbocycles. The first kappa shape index (κ1) is 17.7. The van der Waals surface area contributed by atoms with Crippen molar-refractivity contribution >= 4 is 17.8 Å². The number of benzene rings is 2. The molecule has 0 fully saturated rings. The minimum atomic E-state index is -0.724. The van der Waals surface area contributed by atoms with Gasteiger partial charge in [-0.25, -0.2) is 9.59 Å². The Morgan fingerprint density at radius 3 is 2.35 bits per heavy atom. The number of fused-ring (bicyclic) bond motifs is 1. The molecule has 0 N–H and O–H groups in total. The molecule has 0 saturated heterocycles. The molecule has 1 aliphatic heterocycles. The van der Waals surface area contributed by atoms with Crippen LogP contribution >= 0.6 is 0 Å². The van der Waals surface area contributed by atoms with Crippen LogP contribution in [0.4, 0.5) is 0 Å². The molecule has 134 valence electrons. The lowest BCUT2D eigenvalue weighted by Gasteiger charge is -2.35. The van der Waals surface area contributed by atoms with E-state index in [9.17, 15) is 14.4 Å². The van der Waals surface area contributed by atoms with E-state index in [1.54, 1.807) is 30.3 Å². The summed E-state index contributed by atoms with van der Waals surface area (Å²) in [6.07, 6.45) is 0.376. The van der Waals surface area contributed by atoms with Crippen LogP contribution in [0.2, 0.25) is 0 Å². The molecule has 0 spiro atoms. The zero-order chi connectivity index (χ0) is 18.5. The SMILES string of the molecule is COC(=O)[C@H]1Cc2ccccc2CN1C(=O)COC(=O)c1ccccc1. The number of rotatable bonds is 4. The number of esters is 2. The minimum absolute atomic E-state index is 0.275. The second kappa shape index (κ2) is 7.82. The van der Waals surface area contributed by atoms with Gasteiger partial charge in [0.2, 0.25) is 0 Å². The largest absolute Gasteiger partial charge is 0.467 e. The summed E-state index contributed by atoms with van der Waals surface area (Å²) in [6, 6.07) is 15.3. The number of hydrogen-bond donors (Lipinski definition) is 0. The molecule has 6 heteroatoms. The Balaban J connectivity index is 1.72. The van der Waals surface area contributed by atoms with Gasteiger partial charge in [0.05, 0.1) is 12.7 Å². The van der Waals surface area contributed by atoms with Crippen LogP contribution in [0, 0.1) is 0 Å². The first-order chi connectivity index (χ1) is 12.6.